The Bertz CT molecular complexity index is 299. The van der Waals surface area contributed by atoms with Crippen molar-refractivity contribution in [2.45, 2.75) is 19.4 Å². The van der Waals surface area contributed by atoms with Crippen molar-refractivity contribution >= 4 is 5.82 Å². The molecule has 1 N–H and O–H groups in total. The smallest absolute Gasteiger partial charge is 0.144 e. The molecule has 1 saturated heterocycles. The first-order valence-corrected chi connectivity index (χ1v) is 5.00. The van der Waals surface area contributed by atoms with E-state index >= 15 is 0 Å². The Labute approximate surface area is 83.4 Å². The molecule has 2 atom stereocenters. The largest absolute Gasteiger partial charge is 0.379 e. The predicted octanol–water partition coefficient (Wildman–Crippen LogP) is 0.652. The molecule has 1 aromatic heterocycles. The fourth-order valence-electron chi connectivity index (χ4n) is 1.77. The third kappa shape index (κ3) is 1.72. The molecule has 1 fully saturated rings. The number of aromatic nitrogens is 3. The van der Waals surface area contributed by atoms with Crippen molar-refractivity contribution in [2.24, 2.45) is 13.0 Å². The Balaban J connectivity index is 2.00. The van der Waals surface area contributed by atoms with E-state index in [4.69, 9.17) is 4.74 Å². The lowest BCUT2D eigenvalue weighted by atomic mass is 10.0. The highest BCUT2D eigenvalue weighted by molar-refractivity contribution is 5.32. The van der Waals surface area contributed by atoms with Crippen molar-refractivity contribution in [3.8, 4) is 0 Å². The van der Waals surface area contributed by atoms with Gasteiger partial charge in [0, 0.05) is 13.0 Å². The highest BCUT2D eigenvalue weighted by Crippen LogP contribution is 2.20. The van der Waals surface area contributed by atoms with E-state index in [1.54, 1.807) is 10.9 Å². The van der Waals surface area contributed by atoms with Crippen LogP contribution in [0.25, 0.3) is 0 Å². The maximum absolute atomic E-state index is 5.44. The fraction of sp³-hybridized carbons (Fsp3) is 0.778. The number of aryl methyl sites for hydroxylation is 1. The minimum atomic E-state index is 0.400. The normalized spacial score (nSPS) is 26.7. The summed E-state index contributed by atoms with van der Waals surface area (Å²) in [5.74, 6) is 1.56. The van der Waals surface area contributed by atoms with Gasteiger partial charge in [0.25, 0.3) is 0 Å². The lowest BCUT2D eigenvalue weighted by molar-refractivity contribution is 0.184. The van der Waals surface area contributed by atoms with Crippen LogP contribution < -0.4 is 5.32 Å². The first-order chi connectivity index (χ1) is 6.81. The van der Waals surface area contributed by atoms with Gasteiger partial charge in [0.1, 0.15) is 5.82 Å². The molecular weight excluding hydrogens is 180 g/mol. The van der Waals surface area contributed by atoms with Crippen molar-refractivity contribution in [1.82, 2.24) is 15.0 Å². The zero-order valence-electron chi connectivity index (χ0n) is 8.60. The summed E-state index contributed by atoms with van der Waals surface area (Å²) in [5.41, 5.74) is 0. The van der Waals surface area contributed by atoms with E-state index < -0.39 is 0 Å². The molecule has 78 valence electrons. The van der Waals surface area contributed by atoms with Crippen LogP contribution >= 0.6 is 0 Å². The number of ether oxygens (including phenoxy) is 1. The van der Waals surface area contributed by atoms with E-state index in [1.165, 1.54) is 0 Å². The molecule has 0 amide bonds. The van der Waals surface area contributed by atoms with Crippen LogP contribution in [0.3, 0.4) is 0 Å². The monoisotopic (exact) mass is 196 g/mol. The van der Waals surface area contributed by atoms with Gasteiger partial charge in [0.05, 0.1) is 25.5 Å². The minimum absolute atomic E-state index is 0.400. The Morgan fingerprint density at radius 1 is 1.64 bits per heavy atom. The fourth-order valence-corrected chi connectivity index (χ4v) is 1.77. The van der Waals surface area contributed by atoms with Crippen LogP contribution in [0.5, 0.6) is 0 Å². The van der Waals surface area contributed by atoms with Crippen LogP contribution in [0.2, 0.25) is 0 Å². The number of rotatable bonds is 3. The summed E-state index contributed by atoms with van der Waals surface area (Å²) in [7, 11) is 1.88. The second kappa shape index (κ2) is 3.96. The van der Waals surface area contributed by atoms with Crippen LogP contribution in [0.4, 0.5) is 5.82 Å². The Hall–Kier alpha value is -1.10. The van der Waals surface area contributed by atoms with Gasteiger partial charge in [-0.2, -0.15) is 0 Å². The molecule has 2 unspecified atom stereocenters. The van der Waals surface area contributed by atoms with E-state index in [9.17, 15) is 0 Å². The molecular formula is C9H16N4O. The number of hydrogen-bond acceptors (Lipinski definition) is 4. The molecule has 0 radical (unpaired) electrons. The van der Waals surface area contributed by atoms with Gasteiger partial charge >= 0.3 is 0 Å². The molecule has 0 bridgehead atoms. The maximum Gasteiger partial charge on any atom is 0.144 e. The Morgan fingerprint density at radius 3 is 3.14 bits per heavy atom. The van der Waals surface area contributed by atoms with Gasteiger partial charge < -0.3 is 10.1 Å². The molecule has 0 spiro atoms. The van der Waals surface area contributed by atoms with Gasteiger partial charge in [0.2, 0.25) is 0 Å². The van der Waals surface area contributed by atoms with Crippen molar-refractivity contribution < 1.29 is 4.74 Å². The zero-order valence-corrected chi connectivity index (χ0v) is 8.60. The highest BCUT2D eigenvalue weighted by atomic mass is 16.5. The van der Waals surface area contributed by atoms with Crippen LogP contribution in [0.1, 0.15) is 13.3 Å². The summed E-state index contributed by atoms with van der Waals surface area (Å²) < 4.78 is 7.18. The quantitative estimate of drug-likeness (QED) is 0.771. The summed E-state index contributed by atoms with van der Waals surface area (Å²) in [6, 6.07) is 0.400. The lowest BCUT2D eigenvalue weighted by Gasteiger charge is -2.17. The summed E-state index contributed by atoms with van der Waals surface area (Å²) in [6.07, 6.45) is 2.88. The van der Waals surface area contributed by atoms with Crippen LogP contribution in [0.15, 0.2) is 6.20 Å². The average molecular weight is 196 g/mol. The third-order valence-corrected chi connectivity index (χ3v) is 2.77. The molecule has 14 heavy (non-hydrogen) atoms. The second-order valence-electron chi connectivity index (χ2n) is 3.70. The number of hydrogen-bond donors (Lipinski definition) is 1. The van der Waals surface area contributed by atoms with Crippen molar-refractivity contribution in [3.05, 3.63) is 6.20 Å². The van der Waals surface area contributed by atoms with Crippen LogP contribution in [0, 0.1) is 5.92 Å². The second-order valence-corrected chi connectivity index (χ2v) is 3.70. The minimum Gasteiger partial charge on any atom is -0.379 e. The maximum atomic E-state index is 5.44. The third-order valence-electron chi connectivity index (χ3n) is 2.77. The molecule has 0 saturated carbocycles. The molecule has 1 aliphatic rings. The Morgan fingerprint density at radius 2 is 2.50 bits per heavy atom. The first-order valence-electron chi connectivity index (χ1n) is 5.00. The van der Waals surface area contributed by atoms with Gasteiger partial charge in [-0.1, -0.05) is 12.1 Å². The van der Waals surface area contributed by atoms with E-state index in [-0.39, 0.29) is 0 Å². The number of nitrogens with zero attached hydrogens (tertiary/aromatic N) is 3. The van der Waals surface area contributed by atoms with Crippen LogP contribution in [-0.2, 0) is 11.8 Å². The SMILES string of the molecule is CCC1COCC1Nc1cnnn1C. The van der Waals surface area contributed by atoms with Crippen molar-refractivity contribution in [1.29, 1.82) is 0 Å². The zero-order chi connectivity index (χ0) is 9.97. The van der Waals surface area contributed by atoms with Gasteiger partial charge in [-0.25, -0.2) is 4.68 Å². The molecule has 5 heteroatoms. The average Bonchev–Trinajstić information content (AvgIpc) is 2.77. The van der Waals surface area contributed by atoms with Crippen molar-refractivity contribution in [2.75, 3.05) is 18.5 Å². The standard InChI is InChI=1S/C9H16N4O/c1-3-7-5-14-6-8(7)11-9-4-10-12-13(9)2/h4,7-8,11H,3,5-6H2,1-2H3. The van der Waals surface area contributed by atoms with Gasteiger partial charge in [-0.15, -0.1) is 5.10 Å². The molecule has 0 aromatic carbocycles. The summed E-state index contributed by atoms with van der Waals surface area (Å²) in [5, 5.41) is 11.1. The van der Waals surface area contributed by atoms with Gasteiger partial charge in [0.15, 0.2) is 0 Å². The van der Waals surface area contributed by atoms with Crippen LogP contribution in [-0.4, -0.2) is 34.2 Å². The molecule has 5 nitrogen and oxygen atoms in total. The van der Waals surface area contributed by atoms with Gasteiger partial charge in [-0.3, -0.25) is 0 Å². The highest BCUT2D eigenvalue weighted by Gasteiger charge is 2.27. The summed E-state index contributed by atoms with van der Waals surface area (Å²) >= 11 is 0. The molecule has 1 aliphatic heterocycles. The van der Waals surface area contributed by atoms with E-state index in [0.717, 1.165) is 25.5 Å². The van der Waals surface area contributed by atoms with Gasteiger partial charge in [-0.05, 0) is 6.42 Å². The molecule has 1 aromatic rings. The topological polar surface area (TPSA) is 52.0 Å². The number of nitrogens with one attached hydrogen (secondary N) is 1. The number of anilines is 1. The van der Waals surface area contributed by atoms with Crippen molar-refractivity contribution in [3.63, 3.8) is 0 Å². The first kappa shape index (κ1) is 9.45. The molecule has 2 rings (SSSR count). The van der Waals surface area contributed by atoms with E-state index in [0.29, 0.717) is 12.0 Å². The van der Waals surface area contributed by atoms with E-state index in [1.807, 2.05) is 7.05 Å². The molecule has 0 aliphatic carbocycles. The Kier molecular flexibility index (Phi) is 2.67. The lowest BCUT2D eigenvalue weighted by Crippen LogP contribution is -2.28. The predicted molar refractivity (Wildman–Crippen MR) is 53.0 cm³/mol. The molecule has 2 heterocycles. The summed E-state index contributed by atoms with van der Waals surface area (Å²) in [4.78, 5) is 0. The van der Waals surface area contributed by atoms with E-state index in [2.05, 4.69) is 22.6 Å². The summed E-state index contributed by atoms with van der Waals surface area (Å²) in [6.45, 7) is 3.83.